The summed E-state index contributed by atoms with van der Waals surface area (Å²) in [6.45, 7) is 5.46. The Bertz CT molecular complexity index is 642. The predicted molar refractivity (Wildman–Crippen MR) is 129 cm³/mol. The van der Waals surface area contributed by atoms with E-state index < -0.39 is 0 Å². The Morgan fingerprint density at radius 1 is 1.18 bits per heavy atom. The first-order valence-corrected chi connectivity index (χ1v) is 11.1. The number of halogens is 2. The number of benzene rings is 1. The Hall–Kier alpha value is -0.380. The van der Waals surface area contributed by atoms with Gasteiger partial charge in [0.15, 0.2) is 5.96 Å². The highest BCUT2D eigenvalue weighted by Crippen LogP contribution is 2.41. The van der Waals surface area contributed by atoms with Crippen LogP contribution in [-0.4, -0.2) is 62.8 Å². The first-order chi connectivity index (χ1) is 13.2. The van der Waals surface area contributed by atoms with Crippen LogP contribution in [0.3, 0.4) is 0 Å². The summed E-state index contributed by atoms with van der Waals surface area (Å²) in [5.74, 6) is 2.31. The molecule has 3 aliphatic rings. The van der Waals surface area contributed by atoms with E-state index in [1.54, 1.807) is 0 Å². The van der Waals surface area contributed by atoms with Crippen molar-refractivity contribution in [2.24, 2.45) is 10.9 Å². The van der Waals surface area contributed by atoms with E-state index in [1.165, 1.54) is 50.9 Å². The van der Waals surface area contributed by atoms with Crippen LogP contribution < -0.4 is 10.6 Å². The van der Waals surface area contributed by atoms with Crippen molar-refractivity contribution in [2.75, 3.05) is 39.9 Å². The van der Waals surface area contributed by atoms with E-state index in [0.29, 0.717) is 18.0 Å². The average molecular weight is 563 g/mol. The van der Waals surface area contributed by atoms with Crippen molar-refractivity contribution in [1.29, 1.82) is 0 Å². The van der Waals surface area contributed by atoms with Gasteiger partial charge in [-0.2, -0.15) is 0 Å². The Labute approximate surface area is 194 Å². The van der Waals surface area contributed by atoms with Gasteiger partial charge in [-0.25, -0.2) is 0 Å². The topological polar surface area (TPSA) is 48.9 Å². The van der Waals surface area contributed by atoms with Gasteiger partial charge in [0.05, 0.1) is 6.61 Å². The third kappa shape index (κ3) is 6.06. The highest BCUT2D eigenvalue weighted by molar-refractivity contribution is 14.0. The molecule has 28 heavy (non-hydrogen) atoms. The number of aliphatic imine (C=N–C) groups is 1. The molecule has 2 aliphatic heterocycles. The SMILES string of the molecule is CN=C(NC1CCN(CC2CCOC2)CC1)NC1CC1c1ccc(Br)cc1.I. The van der Waals surface area contributed by atoms with Crippen LogP contribution in [0.2, 0.25) is 0 Å². The fourth-order valence-electron chi connectivity index (χ4n) is 4.32. The number of piperidine rings is 1. The van der Waals surface area contributed by atoms with E-state index in [9.17, 15) is 0 Å². The van der Waals surface area contributed by atoms with E-state index in [4.69, 9.17) is 4.74 Å². The van der Waals surface area contributed by atoms with Crippen molar-refractivity contribution < 1.29 is 4.74 Å². The normalized spacial score (nSPS) is 28.6. The summed E-state index contributed by atoms with van der Waals surface area (Å²) in [4.78, 5) is 7.07. The molecular weight excluding hydrogens is 531 g/mol. The lowest BCUT2D eigenvalue weighted by atomic mass is 10.0. The second-order valence-electron chi connectivity index (χ2n) is 8.17. The molecule has 4 rings (SSSR count). The summed E-state index contributed by atoms with van der Waals surface area (Å²) in [5, 5.41) is 7.27. The molecule has 2 N–H and O–H groups in total. The maximum atomic E-state index is 5.51. The van der Waals surface area contributed by atoms with Crippen molar-refractivity contribution in [2.45, 2.75) is 43.7 Å². The largest absolute Gasteiger partial charge is 0.381 e. The number of nitrogens with zero attached hydrogens (tertiary/aromatic N) is 2. The summed E-state index contributed by atoms with van der Waals surface area (Å²) in [7, 11) is 1.88. The second-order valence-corrected chi connectivity index (χ2v) is 9.08. The maximum absolute atomic E-state index is 5.51. The molecule has 2 saturated heterocycles. The predicted octanol–water partition coefficient (Wildman–Crippen LogP) is 3.59. The molecule has 0 spiro atoms. The highest BCUT2D eigenvalue weighted by atomic mass is 127. The minimum Gasteiger partial charge on any atom is -0.381 e. The van der Waals surface area contributed by atoms with E-state index in [-0.39, 0.29) is 24.0 Å². The maximum Gasteiger partial charge on any atom is 0.191 e. The van der Waals surface area contributed by atoms with Gasteiger partial charge in [-0.05, 0) is 49.3 Å². The average Bonchev–Trinajstić information content (AvgIpc) is 3.25. The Morgan fingerprint density at radius 3 is 2.57 bits per heavy atom. The molecule has 3 atom stereocenters. The van der Waals surface area contributed by atoms with Gasteiger partial charge >= 0.3 is 0 Å². The van der Waals surface area contributed by atoms with Crippen molar-refractivity contribution >= 4 is 45.9 Å². The van der Waals surface area contributed by atoms with Gasteiger partial charge in [0.1, 0.15) is 0 Å². The molecule has 1 aliphatic carbocycles. The zero-order valence-corrected chi connectivity index (χ0v) is 20.5. The zero-order valence-electron chi connectivity index (χ0n) is 16.6. The standard InChI is InChI=1S/C21H31BrN4O.HI/c1-23-21(25-20-12-19(20)16-2-4-17(22)5-3-16)24-18-6-9-26(10-7-18)13-15-8-11-27-14-15;/h2-5,15,18-20H,6-14H2,1H3,(H2,23,24,25);1H. The summed E-state index contributed by atoms with van der Waals surface area (Å²) in [5.41, 5.74) is 1.41. The summed E-state index contributed by atoms with van der Waals surface area (Å²) >= 11 is 3.51. The molecule has 7 heteroatoms. The second kappa shape index (κ2) is 10.6. The van der Waals surface area contributed by atoms with Crippen LogP contribution >= 0.6 is 39.9 Å². The van der Waals surface area contributed by atoms with Crippen LogP contribution in [0, 0.1) is 5.92 Å². The Kier molecular flexibility index (Phi) is 8.44. The molecule has 2 heterocycles. The van der Waals surface area contributed by atoms with E-state index in [0.717, 1.165) is 29.6 Å². The lowest BCUT2D eigenvalue weighted by Gasteiger charge is -2.34. The molecule has 1 saturated carbocycles. The van der Waals surface area contributed by atoms with Gasteiger partial charge in [0.25, 0.3) is 0 Å². The molecule has 5 nitrogen and oxygen atoms in total. The zero-order chi connectivity index (χ0) is 18.6. The highest BCUT2D eigenvalue weighted by Gasteiger charge is 2.39. The Balaban J connectivity index is 0.00000225. The van der Waals surface area contributed by atoms with Crippen molar-refractivity contribution in [3.63, 3.8) is 0 Å². The summed E-state index contributed by atoms with van der Waals surface area (Å²) < 4.78 is 6.65. The van der Waals surface area contributed by atoms with Crippen LogP contribution in [0.4, 0.5) is 0 Å². The number of rotatable bonds is 5. The first kappa shape index (κ1) is 22.3. The number of nitrogens with one attached hydrogen (secondary N) is 2. The summed E-state index contributed by atoms with van der Waals surface area (Å²) in [6.07, 6.45) is 4.80. The molecule has 0 amide bonds. The third-order valence-corrected chi connectivity index (χ3v) is 6.63. The third-order valence-electron chi connectivity index (χ3n) is 6.10. The Morgan fingerprint density at radius 2 is 1.93 bits per heavy atom. The van der Waals surface area contributed by atoms with E-state index >= 15 is 0 Å². The molecule has 0 aromatic heterocycles. The monoisotopic (exact) mass is 562 g/mol. The van der Waals surface area contributed by atoms with Crippen molar-refractivity contribution in [1.82, 2.24) is 15.5 Å². The molecular formula is C21H32BrIN4O. The molecule has 0 bridgehead atoms. The lowest BCUT2D eigenvalue weighted by Crippen LogP contribution is -2.49. The minimum atomic E-state index is 0. The van der Waals surface area contributed by atoms with E-state index in [2.05, 4.69) is 60.7 Å². The van der Waals surface area contributed by atoms with E-state index in [1.807, 2.05) is 7.05 Å². The molecule has 3 fully saturated rings. The van der Waals surface area contributed by atoms with Gasteiger partial charge < -0.3 is 20.3 Å². The number of hydrogen-bond acceptors (Lipinski definition) is 3. The fourth-order valence-corrected chi connectivity index (χ4v) is 4.59. The lowest BCUT2D eigenvalue weighted by molar-refractivity contribution is 0.150. The van der Waals surface area contributed by atoms with Gasteiger partial charge in [-0.1, -0.05) is 28.1 Å². The van der Waals surface area contributed by atoms with Crippen LogP contribution in [-0.2, 0) is 4.74 Å². The van der Waals surface area contributed by atoms with Crippen molar-refractivity contribution in [3.05, 3.63) is 34.3 Å². The number of ether oxygens (including phenoxy) is 1. The number of hydrogen-bond donors (Lipinski definition) is 2. The summed E-state index contributed by atoms with van der Waals surface area (Å²) in [6, 6.07) is 9.72. The van der Waals surface area contributed by atoms with Gasteiger partial charge in [-0.15, -0.1) is 24.0 Å². The number of guanidine groups is 1. The van der Waals surface area contributed by atoms with Crippen molar-refractivity contribution in [3.8, 4) is 0 Å². The molecule has 1 aromatic carbocycles. The van der Waals surface area contributed by atoms with Crippen LogP contribution in [0.15, 0.2) is 33.7 Å². The fraction of sp³-hybridized carbons (Fsp3) is 0.667. The number of likely N-dealkylation sites (tertiary alicyclic amines) is 1. The van der Waals surface area contributed by atoms with Crippen LogP contribution in [0.5, 0.6) is 0 Å². The molecule has 3 unspecified atom stereocenters. The first-order valence-electron chi connectivity index (χ1n) is 10.3. The minimum absolute atomic E-state index is 0. The smallest absolute Gasteiger partial charge is 0.191 e. The quantitative estimate of drug-likeness (QED) is 0.327. The van der Waals surface area contributed by atoms with Gasteiger partial charge in [0, 0.05) is 55.8 Å². The van der Waals surface area contributed by atoms with Crippen LogP contribution in [0.25, 0.3) is 0 Å². The molecule has 1 aromatic rings. The molecule has 0 radical (unpaired) electrons. The van der Waals surface area contributed by atoms with Crippen LogP contribution in [0.1, 0.15) is 37.2 Å². The van der Waals surface area contributed by atoms with Gasteiger partial charge in [-0.3, -0.25) is 4.99 Å². The molecule has 156 valence electrons. The van der Waals surface area contributed by atoms with Gasteiger partial charge in [0.2, 0.25) is 0 Å².